The van der Waals surface area contributed by atoms with E-state index in [0.717, 1.165) is 91.2 Å². The molecule has 3 fully saturated rings. The summed E-state index contributed by atoms with van der Waals surface area (Å²) in [6.45, 7) is 13.3. The highest BCUT2D eigenvalue weighted by Gasteiger charge is 2.47. The number of benzene rings is 3. The fraction of sp³-hybridized carbons (Fsp3) is 0.483. The Morgan fingerprint density at radius 3 is 2.24 bits per heavy atom. The fourth-order valence-electron chi connectivity index (χ4n) is 11.3. The Balaban J connectivity index is 0.708. The minimum Gasteiger partial charge on any atom is -0.393 e. The van der Waals surface area contributed by atoms with E-state index in [9.17, 15) is 29.1 Å². The molecule has 2 saturated carbocycles. The fourth-order valence-corrected chi connectivity index (χ4v) is 12.1. The summed E-state index contributed by atoms with van der Waals surface area (Å²) in [6.07, 6.45) is 8.27. The third kappa shape index (κ3) is 12.1. The van der Waals surface area contributed by atoms with Crippen LogP contribution in [0.15, 0.2) is 84.5 Å². The normalized spacial score (nSPS) is 20.0. The number of nitrogens with zero attached hydrogens (tertiary/aromatic N) is 7. The highest BCUT2D eigenvalue weighted by atomic mass is 32.1. The van der Waals surface area contributed by atoms with Crippen molar-refractivity contribution in [2.75, 3.05) is 54.9 Å². The number of piperazine rings is 1. The van der Waals surface area contributed by atoms with Crippen LogP contribution in [-0.4, -0.2) is 117 Å². The number of aliphatic hydroxyl groups excluding tert-OH is 1. The number of aryl methyl sites for hydroxylation is 1. The maximum Gasteiger partial charge on any atom is 0.260 e. The number of nitrogens with one attached hydrogen (secondary N) is 3. The number of carbonyl (C=O) groups excluding carboxylic acids is 5. The quantitative estimate of drug-likeness (QED) is 0.0647. The predicted molar refractivity (Wildman–Crippen MR) is 294 cm³/mol. The first-order valence-corrected chi connectivity index (χ1v) is 27.7. The Labute approximate surface area is 444 Å². The molecular weight excluding hydrogens is 965 g/mol. The monoisotopic (exact) mass is 1040 g/mol. The van der Waals surface area contributed by atoms with Gasteiger partial charge < -0.3 is 35.8 Å². The van der Waals surface area contributed by atoms with Crippen molar-refractivity contribution in [2.45, 2.75) is 123 Å². The average molecular weight is 1040 g/mol. The van der Waals surface area contributed by atoms with Gasteiger partial charge in [-0.25, -0.2) is 9.97 Å². The highest BCUT2D eigenvalue weighted by molar-refractivity contribution is 7.13. The topological polar surface area (TPSA) is 193 Å². The van der Waals surface area contributed by atoms with E-state index < -0.39 is 29.4 Å². The van der Waals surface area contributed by atoms with E-state index in [0.29, 0.717) is 48.1 Å². The van der Waals surface area contributed by atoms with Gasteiger partial charge in [-0.1, -0.05) is 76.4 Å². The molecule has 2 aromatic heterocycles. The van der Waals surface area contributed by atoms with Crippen LogP contribution >= 0.6 is 11.3 Å². The summed E-state index contributed by atoms with van der Waals surface area (Å²) in [7, 11) is 1.77. The van der Waals surface area contributed by atoms with E-state index in [-0.39, 0.29) is 60.8 Å². The van der Waals surface area contributed by atoms with Crippen LogP contribution in [0.1, 0.15) is 130 Å². The number of hydrogen-bond acceptors (Lipinski definition) is 13. The van der Waals surface area contributed by atoms with E-state index in [1.807, 2.05) is 118 Å². The molecule has 396 valence electrons. The Kier molecular flexibility index (Phi) is 16.4. The van der Waals surface area contributed by atoms with E-state index in [1.165, 1.54) is 0 Å². The summed E-state index contributed by atoms with van der Waals surface area (Å²) in [5.41, 5.74) is 7.70. The minimum absolute atomic E-state index is 0.0168. The smallest absolute Gasteiger partial charge is 0.260 e. The molecule has 3 aromatic carbocycles. The standard InChI is InChI=1S/C58H72N10O6S/c1-36(38-19-21-39(22-20-38)51-37(2)60-35-75-51)61-54(72)46-33-43(69)32-45(46)50(71)52(58(3,4)5)63-49(70)18-8-7-13-27-66-28-30-67(31-29-66)55(73)40-23-25-41(26-24-40)62-57-59-34-48-53(64-57)68(42-14-9-10-15-42)47-17-12-11-16-44(47)56(74)65(48)6/h11-12,16-17,19-26,34-36,42-43,45-46,52,69H,7-10,13-15,18,27-33H2,1-6H3,(H,61,72)(H,63,70)(H,59,62,64)/t36-,43-,45?,46+,52+/m0/s1. The van der Waals surface area contributed by atoms with Crippen LogP contribution in [0.3, 0.4) is 0 Å². The van der Waals surface area contributed by atoms with Gasteiger partial charge in [0.1, 0.15) is 5.69 Å². The molecule has 0 radical (unpaired) electrons. The predicted octanol–water partition coefficient (Wildman–Crippen LogP) is 9.01. The molecule has 4 aliphatic rings. The Bertz CT molecular complexity index is 2850. The molecule has 17 heteroatoms. The number of thiazole rings is 1. The summed E-state index contributed by atoms with van der Waals surface area (Å²) in [6, 6.07) is 22.3. The Morgan fingerprint density at radius 1 is 0.840 bits per heavy atom. The van der Waals surface area contributed by atoms with Crippen molar-refractivity contribution >= 4 is 69.6 Å². The molecule has 2 aliphatic heterocycles. The van der Waals surface area contributed by atoms with Gasteiger partial charge in [-0.3, -0.25) is 28.9 Å². The molecule has 2 aliphatic carbocycles. The molecule has 9 rings (SSSR count). The second kappa shape index (κ2) is 23.1. The van der Waals surface area contributed by atoms with Crippen molar-refractivity contribution in [3.63, 3.8) is 0 Å². The van der Waals surface area contributed by atoms with Crippen LogP contribution < -0.4 is 25.8 Å². The van der Waals surface area contributed by atoms with E-state index >= 15 is 0 Å². The third-order valence-corrected chi connectivity index (χ3v) is 16.6. The van der Waals surface area contributed by atoms with Gasteiger partial charge in [0.25, 0.3) is 11.8 Å². The van der Waals surface area contributed by atoms with Gasteiger partial charge in [-0.05, 0) is 112 Å². The van der Waals surface area contributed by atoms with Gasteiger partial charge in [0.15, 0.2) is 11.6 Å². The molecule has 5 atom stereocenters. The third-order valence-electron chi connectivity index (χ3n) is 15.6. The van der Waals surface area contributed by atoms with Crippen LogP contribution in [0, 0.1) is 24.2 Å². The number of aromatic nitrogens is 3. The molecule has 1 unspecified atom stereocenters. The first-order valence-electron chi connectivity index (χ1n) is 26.8. The number of aliphatic hydroxyl groups is 1. The van der Waals surface area contributed by atoms with Gasteiger partial charge in [0.2, 0.25) is 17.8 Å². The van der Waals surface area contributed by atoms with Crippen molar-refractivity contribution in [3.05, 3.63) is 107 Å². The van der Waals surface area contributed by atoms with E-state index in [1.54, 1.807) is 29.5 Å². The van der Waals surface area contributed by atoms with Crippen LogP contribution in [0.25, 0.3) is 10.4 Å². The molecule has 4 amide bonds. The Hall–Kier alpha value is -6.56. The molecule has 4 heterocycles. The number of ketones is 1. The van der Waals surface area contributed by atoms with Crippen molar-refractivity contribution in [1.29, 1.82) is 0 Å². The summed E-state index contributed by atoms with van der Waals surface area (Å²) in [5, 5.41) is 20.2. The molecule has 1 saturated heterocycles. The number of unbranched alkanes of at least 4 members (excludes halogenated alkanes) is 2. The number of carbonyl (C=O) groups is 5. The van der Waals surface area contributed by atoms with Crippen LogP contribution in [0.5, 0.6) is 0 Å². The van der Waals surface area contributed by atoms with Crippen LogP contribution in [0.2, 0.25) is 0 Å². The average Bonchev–Trinajstić information content (AvgIpc) is 4.19. The lowest BCUT2D eigenvalue weighted by Gasteiger charge is -2.35. The lowest BCUT2D eigenvalue weighted by Crippen LogP contribution is -2.52. The number of hydrogen-bond donors (Lipinski definition) is 4. The zero-order valence-electron chi connectivity index (χ0n) is 44.2. The van der Waals surface area contributed by atoms with Gasteiger partial charge >= 0.3 is 0 Å². The number of fused-ring (bicyclic) bond motifs is 2. The maximum atomic E-state index is 14.3. The summed E-state index contributed by atoms with van der Waals surface area (Å²) >= 11 is 1.59. The van der Waals surface area contributed by atoms with Gasteiger partial charge in [-0.15, -0.1) is 11.3 Å². The molecule has 5 aromatic rings. The molecule has 75 heavy (non-hydrogen) atoms. The minimum atomic E-state index is -0.812. The second-order valence-corrected chi connectivity index (χ2v) is 22.8. The first-order chi connectivity index (χ1) is 36.0. The molecular formula is C58H72N10O6S. The zero-order valence-corrected chi connectivity index (χ0v) is 45.0. The zero-order chi connectivity index (χ0) is 53.0. The van der Waals surface area contributed by atoms with E-state index in [2.05, 4.69) is 35.7 Å². The SMILES string of the molecule is Cc1ncsc1-c1ccc([C@H](C)NC(=O)[C@@H]2C[C@@H](O)CC2C(=O)[C@@H](NC(=O)CCCCCN2CCN(C(=O)c3ccc(Nc4ncc5c(n4)N(C4CCCC4)c4ccccc4C(=O)N5C)cc3)CC2)C(C)(C)C)cc1. The number of anilines is 5. The van der Waals surface area contributed by atoms with Gasteiger partial charge in [0, 0.05) is 62.9 Å². The number of Topliss-reactive ketones (excluding diaryl/α,β-unsaturated/α-hetero) is 1. The summed E-state index contributed by atoms with van der Waals surface area (Å²) in [5.74, 6) is -1.11. The molecule has 0 spiro atoms. The molecule has 4 N–H and O–H groups in total. The number of amides is 4. The lowest BCUT2D eigenvalue weighted by molar-refractivity contribution is -0.137. The summed E-state index contributed by atoms with van der Waals surface area (Å²) in [4.78, 5) is 91.8. The molecule has 0 bridgehead atoms. The second-order valence-electron chi connectivity index (χ2n) is 22.0. The van der Waals surface area contributed by atoms with Crippen LogP contribution in [0.4, 0.5) is 28.8 Å². The number of rotatable bonds is 17. The summed E-state index contributed by atoms with van der Waals surface area (Å²) < 4.78 is 0. The van der Waals surface area contributed by atoms with Gasteiger partial charge in [0.05, 0.1) is 57.6 Å². The van der Waals surface area contributed by atoms with Crippen molar-refractivity contribution in [2.24, 2.45) is 17.3 Å². The van der Waals surface area contributed by atoms with Crippen molar-refractivity contribution in [3.8, 4) is 10.4 Å². The largest absolute Gasteiger partial charge is 0.393 e. The lowest BCUT2D eigenvalue weighted by atomic mass is 9.77. The van der Waals surface area contributed by atoms with E-state index in [4.69, 9.17) is 4.98 Å². The van der Waals surface area contributed by atoms with Crippen molar-refractivity contribution in [1.82, 2.24) is 35.4 Å². The van der Waals surface area contributed by atoms with Gasteiger partial charge in [-0.2, -0.15) is 4.98 Å². The van der Waals surface area contributed by atoms with Crippen LogP contribution in [-0.2, 0) is 14.4 Å². The Morgan fingerprint density at radius 2 is 1.55 bits per heavy atom. The molecule has 16 nitrogen and oxygen atoms in total. The first kappa shape index (κ1) is 53.3. The van der Waals surface area contributed by atoms with Crippen molar-refractivity contribution < 1.29 is 29.1 Å². The number of para-hydroxylation sites is 1. The maximum absolute atomic E-state index is 14.3. The highest BCUT2D eigenvalue weighted by Crippen LogP contribution is 2.44.